The molecular weight excluding hydrogens is 296 g/mol. The van der Waals surface area contributed by atoms with E-state index in [1.807, 2.05) is 20.8 Å². The minimum Gasteiger partial charge on any atom is -0.444 e. The van der Waals surface area contributed by atoms with Crippen molar-refractivity contribution in [2.24, 2.45) is 0 Å². The zero-order valence-corrected chi connectivity index (χ0v) is 15.2. The molecule has 0 aromatic carbocycles. The Bertz CT molecular complexity index is 402. The predicted molar refractivity (Wildman–Crippen MR) is 88.6 cm³/mol. The minimum atomic E-state index is -0.484. The topological polar surface area (TPSA) is 60.0 Å². The molecule has 0 aliphatic carbocycles. The molecule has 3 unspecified atom stereocenters. The van der Waals surface area contributed by atoms with Crippen LogP contribution in [0.2, 0.25) is 0 Å². The quantitative estimate of drug-likeness (QED) is 0.857. The highest BCUT2D eigenvalue weighted by Gasteiger charge is 2.36. The summed E-state index contributed by atoms with van der Waals surface area (Å²) in [5.41, 5.74) is -0.581. The van der Waals surface area contributed by atoms with E-state index >= 15 is 0 Å². The second-order valence-electron chi connectivity index (χ2n) is 7.89. The van der Waals surface area contributed by atoms with E-state index in [1.165, 1.54) is 0 Å². The van der Waals surface area contributed by atoms with Crippen molar-refractivity contribution < 1.29 is 19.0 Å². The number of morpholine rings is 1. The maximum absolute atomic E-state index is 12.4. The van der Waals surface area contributed by atoms with E-state index in [0.717, 1.165) is 26.0 Å². The summed E-state index contributed by atoms with van der Waals surface area (Å²) in [6.45, 7) is 13.2. The van der Waals surface area contributed by atoms with Crippen molar-refractivity contribution in [2.45, 2.75) is 70.7 Å². The molecule has 2 fully saturated rings. The fourth-order valence-electron chi connectivity index (χ4n) is 3.07. The second kappa shape index (κ2) is 7.36. The van der Waals surface area contributed by atoms with E-state index in [1.54, 1.807) is 4.90 Å². The van der Waals surface area contributed by atoms with Crippen LogP contribution in [0.3, 0.4) is 0 Å². The number of hydrogen-bond acceptors (Lipinski definition) is 5. The number of hydrogen-bond donors (Lipinski definition) is 1. The van der Waals surface area contributed by atoms with Crippen LogP contribution in [0.5, 0.6) is 0 Å². The largest absolute Gasteiger partial charge is 0.444 e. The van der Waals surface area contributed by atoms with Crippen LogP contribution in [0.4, 0.5) is 4.79 Å². The molecule has 2 saturated heterocycles. The van der Waals surface area contributed by atoms with E-state index in [9.17, 15) is 4.79 Å². The molecule has 3 atom stereocenters. The Kier molecular flexibility index (Phi) is 5.92. The SMILES string of the molecule is CC(NCC1(C)CCCO1)C1COCCN1C(=O)OC(C)(C)C. The Labute approximate surface area is 139 Å². The van der Waals surface area contributed by atoms with Gasteiger partial charge in [-0.3, -0.25) is 4.90 Å². The lowest BCUT2D eigenvalue weighted by atomic mass is 10.0. The van der Waals surface area contributed by atoms with Crippen LogP contribution >= 0.6 is 0 Å². The van der Waals surface area contributed by atoms with Crippen molar-refractivity contribution in [3.8, 4) is 0 Å². The third-order valence-electron chi connectivity index (χ3n) is 4.47. The van der Waals surface area contributed by atoms with E-state index < -0.39 is 5.60 Å². The van der Waals surface area contributed by atoms with Crippen LogP contribution in [0.25, 0.3) is 0 Å². The third-order valence-corrected chi connectivity index (χ3v) is 4.47. The van der Waals surface area contributed by atoms with Gasteiger partial charge in [-0.05, 0) is 47.5 Å². The first-order chi connectivity index (χ1) is 10.7. The highest BCUT2D eigenvalue weighted by molar-refractivity contribution is 5.68. The summed E-state index contributed by atoms with van der Waals surface area (Å²) in [5, 5.41) is 3.53. The van der Waals surface area contributed by atoms with Crippen LogP contribution in [-0.4, -0.2) is 67.2 Å². The maximum Gasteiger partial charge on any atom is 0.410 e. The predicted octanol–water partition coefficient (Wildman–Crippen LogP) is 2.17. The molecule has 0 saturated carbocycles. The van der Waals surface area contributed by atoms with Gasteiger partial charge >= 0.3 is 6.09 Å². The van der Waals surface area contributed by atoms with Gasteiger partial charge in [0.25, 0.3) is 0 Å². The molecule has 0 spiro atoms. The van der Waals surface area contributed by atoms with E-state index in [-0.39, 0.29) is 23.8 Å². The van der Waals surface area contributed by atoms with Crippen molar-refractivity contribution in [1.29, 1.82) is 0 Å². The van der Waals surface area contributed by atoms with E-state index in [0.29, 0.717) is 19.8 Å². The molecule has 2 aliphatic rings. The second-order valence-corrected chi connectivity index (χ2v) is 7.89. The fourth-order valence-corrected chi connectivity index (χ4v) is 3.07. The number of ether oxygens (including phenoxy) is 3. The number of carbonyl (C=O) groups is 1. The summed E-state index contributed by atoms with van der Waals surface area (Å²) < 4.78 is 16.9. The van der Waals surface area contributed by atoms with Gasteiger partial charge < -0.3 is 19.5 Å². The first kappa shape index (κ1) is 18.5. The number of carbonyl (C=O) groups excluding carboxylic acids is 1. The van der Waals surface area contributed by atoms with Gasteiger partial charge in [0, 0.05) is 25.7 Å². The molecular formula is C17H32N2O4. The van der Waals surface area contributed by atoms with Gasteiger partial charge in [0.2, 0.25) is 0 Å². The van der Waals surface area contributed by atoms with Crippen LogP contribution in [0.15, 0.2) is 0 Å². The number of amides is 1. The summed E-state index contributed by atoms with van der Waals surface area (Å²) in [7, 11) is 0. The van der Waals surface area contributed by atoms with Gasteiger partial charge in [0.05, 0.1) is 24.9 Å². The Morgan fingerprint density at radius 1 is 1.43 bits per heavy atom. The van der Waals surface area contributed by atoms with Gasteiger partial charge in [-0.2, -0.15) is 0 Å². The van der Waals surface area contributed by atoms with Crippen molar-refractivity contribution in [1.82, 2.24) is 10.2 Å². The van der Waals surface area contributed by atoms with Crippen molar-refractivity contribution >= 4 is 6.09 Å². The van der Waals surface area contributed by atoms with Crippen LogP contribution in [-0.2, 0) is 14.2 Å². The summed E-state index contributed by atoms with van der Waals surface area (Å²) in [6.07, 6.45) is 1.93. The lowest BCUT2D eigenvalue weighted by Gasteiger charge is -2.40. The van der Waals surface area contributed by atoms with Crippen LogP contribution in [0, 0.1) is 0 Å². The van der Waals surface area contributed by atoms with Crippen LogP contribution < -0.4 is 5.32 Å². The molecule has 0 radical (unpaired) electrons. The standard InChI is InChI=1S/C17H32N2O4/c1-13(18-12-17(5)7-6-9-22-17)14-11-21-10-8-19(14)15(20)23-16(2,3)4/h13-14,18H,6-12H2,1-5H3. The van der Waals surface area contributed by atoms with Crippen molar-refractivity contribution in [2.75, 3.05) is 32.9 Å². The summed E-state index contributed by atoms with van der Waals surface area (Å²) in [4.78, 5) is 14.2. The lowest BCUT2D eigenvalue weighted by molar-refractivity contribution is -0.0424. The smallest absolute Gasteiger partial charge is 0.410 e. The Hall–Kier alpha value is -0.850. The molecule has 0 aromatic rings. The zero-order chi connectivity index (χ0) is 17.1. The molecule has 6 nitrogen and oxygen atoms in total. The number of nitrogens with zero attached hydrogens (tertiary/aromatic N) is 1. The van der Waals surface area contributed by atoms with Crippen molar-refractivity contribution in [3.63, 3.8) is 0 Å². The number of nitrogens with one attached hydrogen (secondary N) is 1. The molecule has 23 heavy (non-hydrogen) atoms. The minimum absolute atomic E-state index is 0.0244. The third kappa shape index (κ3) is 5.33. The first-order valence-electron chi connectivity index (χ1n) is 8.65. The van der Waals surface area contributed by atoms with Gasteiger partial charge in [-0.15, -0.1) is 0 Å². The molecule has 1 N–H and O–H groups in total. The molecule has 1 amide bonds. The highest BCUT2D eigenvalue weighted by atomic mass is 16.6. The number of rotatable bonds is 4. The Morgan fingerprint density at radius 2 is 2.17 bits per heavy atom. The molecule has 0 bridgehead atoms. The molecule has 2 heterocycles. The summed E-state index contributed by atoms with van der Waals surface area (Å²) in [5.74, 6) is 0. The highest BCUT2D eigenvalue weighted by Crippen LogP contribution is 2.24. The Morgan fingerprint density at radius 3 is 2.78 bits per heavy atom. The van der Waals surface area contributed by atoms with Gasteiger partial charge in [0.1, 0.15) is 5.60 Å². The molecule has 2 aliphatic heterocycles. The van der Waals surface area contributed by atoms with E-state index in [4.69, 9.17) is 14.2 Å². The van der Waals surface area contributed by atoms with Crippen LogP contribution in [0.1, 0.15) is 47.5 Å². The molecule has 2 rings (SSSR count). The van der Waals surface area contributed by atoms with Gasteiger partial charge in [-0.25, -0.2) is 4.79 Å². The maximum atomic E-state index is 12.4. The monoisotopic (exact) mass is 328 g/mol. The van der Waals surface area contributed by atoms with E-state index in [2.05, 4.69) is 19.2 Å². The first-order valence-corrected chi connectivity index (χ1v) is 8.65. The zero-order valence-electron chi connectivity index (χ0n) is 15.2. The summed E-state index contributed by atoms with van der Waals surface area (Å²) >= 11 is 0. The average Bonchev–Trinajstić information content (AvgIpc) is 2.90. The molecule has 0 aromatic heterocycles. The van der Waals surface area contributed by atoms with Crippen molar-refractivity contribution in [3.05, 3.63) is 0 Å². The lowest BCUT2D eigenvalue weighted by Crippen LogP contribution is -2.59. The molecule has 134 valence electrons. The Balaban J connectivity index is 1.92. The van der Waals surface area contributed by atoms with Gasteiger partial charge in [-0.1, -0.05) is 0 Å². The molecule has 6 heteroatoms. The average molecular weight is 328 g/mol. The fraction of sp³-hybridized carbons (Fsp3) is 0.941. The van der Waals surface area contributed by atoms with Gasteiger partial charge in [0.15, 0.2) is 0 Å². The normalized spacial score (nSPS) is 30.3. The summed E-state index contributed by atoms with van der Waals surface area (Å²) in [6, 6.07) is 0.0902.